The lowest BCUT2D eigenvalue weighted by molar-refractivity contribution is -0.138. The van der Waals surface area contributed by atoms with E-state index < -0.39 is 5.97 Å². The number of carboxylic acid groups (broad SMARTS) is 1. The van der Waals surface area contributed by atoms with Crippen LogP contribution in [0.5, 0.6) is 0 Å². The second kappa shape index (κ2) is 6.71. The Morgan fingerprint density at radius 1 is 1.53 bits per heavy atom. The van der Waals surface area contributed by atoms with Gasteiger partial charge in [0.15, 0.2) is 0 Å². The van der Waals surface area contributed by atoms with Crippen LogP contribution < -0.4 is 0 Å². The Kier molecular flexibility index (Phi) is 5.58. The number of aliphatic carboxylic acids is 1. The second-order valence-electron chi connectivity index (χ2n) is 3.85. The Hall–Kier alpha value is -0.940. The third kappa shape index (κ3) is 4.83. The molecule has 0 saturated carbocycles. The lowest BCUT2D eigenvalue weighted by atomic mass is 10.2. The Bertz CT molecular complexity index is 398. The number of halogens is 2. The van der Waals surface area contributed by atoms with Crippen molar-refractivity contribution in [2.45, 2.75) is 19.9 Å². The van der Waals surface area contributed by atoms with Gasteiger partial charge in [-0.15, -0.1) is 0 Å². The molecule has 0 saturated heterocycles. The topological polar surface area (TPSA) is 40.5 Å². The van der Waals surface area contributed by atoms with Crippen LogP contribution in [0.2, 0.25) is 0 Å². The van der Waals surface area contributed by atoms with Gasteiger partial charge in [0.1, 0.15) is 5.82 Å². The third-order valence-corrected chi connectivity index (χ3v) is 2.93. The van der Waals surface area contributed by atoms with Crippen LogP contribution in [-0.2, 0) is 11.3 Å². The number of benzene rings is 1. The van der Waals surface area contributed by atoms with Gasteiger partial charge < -0.3 is 5.11 Å². The van der Waals surface area contributed by atoms with Crippen molar-refractivity contribution in [2.24, 2.45) is 0 Å². The monoisotopic (exact) mass is 303 g/mol. The SMILES string of the molecule is CCCN(CC(=O)O)Cc1ccc(Br)c(F)c1. The molecule has 94 valence electrons. The van der Waals surface area contributed by atoms with Crippen LogP contribution in [0.15, 0.2) is 22.7 Å². The van der Waals surface area contributed by atoms with Gasteiger partial charge in [-0.3, -0.25) is 9.69 Å². The van der Waals surface area contributed by atoms with Crippen molar-refractivity contribution in [1.82, 2.24) is 4.90 Å². The van der Waals surface area contributed by atoms with Crippen molar-refractivity contribution in [3.63, 3.8) is 0 Å². The van der Waals surface area contributed by atoms with E-state index in [9.17, 15) is 9.18 Å². The van der Waals surface area contributed by atoms with Crippen molar-refractivity contribution in [1.29, 1.82) is 0 Å². The van der Waals surface area contributed by atoms with Gasteiger partial charge >= 0.3 is 5.97 Å². The van der Waals surface area contributed by atoms with Gasteiger partial charge in [0.05, 0.1) is 11.0 Å². The van der Waals surface area contributed by atoms with Crippen LogP contribution in [0.25, 0.3) is 0 Å². The van der Waals surface area contributed by atoms with E-state index in [0.29, 0.717) is 17.6 Å². The molecule has 0 bridgehead atoms. The molecular formula is C12H15BrFNO2. The quantitative estimate of drug-likeness (QED) is 0.878. The van der Waals surface area contributed by atoms with E-state index in [-0.39, 0.29) is 12.4 Å². The molecule has 1 aromatic carbocycles. The molecule has 0 heterocycles. The first-order valence-corrected chi connectivity index (χ1v) is 6.20. The highest BCUT2D eigenvalue weighted by Crippen LogP contribution is 2.17. The van der Waals surface area contributed by atoms with E-state index in [1.54, 1.807) is 17.0 Å². The predicted molar refractivity (Wildman–Crippen MR) is 67.3 cm³/mol. The lowest BCUT2D eigenvalue weighted by Crippen LogP contribution is -2.30. The van der Waals surface area contributed by atoms with Crippen LogP contribution in [0.4, 0.5) is 4.39 Å². The van der Waals surface area contributed by atoms with E-state index in [4.69, 9.17) is 5.11 Å². The predicted octanol–water partition coefficient (Wildman–Crippen LogP) is 2.88. The van der Waals surface area contributed by atoms with Crippen molar-refractivity contribution < 1.29 is 14.3 Å². The molecule has 1 N–H and O–H groups in total. The fourth-order valence-corrected chi connectivity index (χ4v) is 1.86. The average Bonchev–Trinajstić information content (AvgIpc) is 2.23. The van der Waals surface area contributed by atoms with Crippen LogP contribution in [0, 0.1) is 5.82 Å². The molecule has 3 nitrogen and oxygen atoms in total. The summed E-state index contributed by atoms with van der Waals surface area (Å²) in [4.78, 5) is 12.5. The molecule has 17 heavy (non-hydrogen) atoms. The lowest BCUT2D eigenvalue weighted by Gasteiger charge is -2.19. The summed E-state index contributed by atoms with van der Waals surface area (Å²) in [5, 5.41) is 8.76. The number of rotatable bonds is 6. The number of hydrogen-bond donors (Lipinski definition) is 1. The fraction of sp³-hybridized carbons (Fsp3) is 0.417. The summed E-state index contributed by atoms with van der Waals surface area (Å²) in [6.45, 7) is 3.09. The molecule has 0 fully saturated rings. The van der Waals surface area contributed by atoms with Gasteiger partial charge in [-0.05, 0) is 46.6 Å². The maximum Gasteiger partial charge on any atom is 0.317 e. The molecule has 0 aliphatic carbocycles. The van der Waals surface area contributed by atoms with Crippen LogP contribution in [0.3, 0.4) is 0 Å². The van der Waals surface area contributed by atoms with Crippen molar-refractivity contribution in [3.05, 3.63) is 34.1 Å². The molecule has 0 spiro atoms. The first-order chi connectivity index (χ1) is 8.02. The molecule has 0 radical (unpaired) electrons. The number of hydrogen-bond acceptors (Lipinski definition) is 2. The van der Waals surface area contributed by atoms with Gasteiger partial charge in [0.25, 0.3) is 0 Å². The molecule has 0 atom stereocenters. The molecule has 0 aliphatic rings. The van der Waals surface area contributed by atoms with Crippen molar-refractivity contribution in [3.8, 4) is 0 Å². The van der Waals surface area contributed by atoms with Crippen LogP contribution in [0.1, 0.15) is 18.9 Å². The molecule has 1 aromatic rings. The Balaban J connectivity index is 2.71. The van der Waals surface area contributed by atoms with E-state index in [1.807, 2.05) is 6.92 Å². The molecule has 0 amide bonds. The fourth-order valence-electron chi connectivity index (χ4n) is 1.62. The van der Waals surface area contributed by atoms with Gasteiger partial charge in [-0.25, -0.2) is 4.39 Å². The van der Waals surface area contributed by atoms with Crippen molar-refractivity contribution in [2.75, 3.05) is 13.1 Å². The number of carbonyl (C=O) groups is 1. The summed E-state index contributed by atoms with van der Waals surface area (Å²) in [6, 6.07) is 4.85. The summed E-state index contributed by atoms with van der Waals surface area (Å²) in [6.07, 6.45) is 0.867. The largest absolute Gasteiger partial charge is 0.480 e. The highest BCUT2D eigenvalue weighted by molar-refractivity contribution is 9.10. The molecule has 5 heteroatoms. The Labute approximate surface area is 108 Å². The third-order valence-electron chi connectivity index (χ3n) is 2.29. The zero-order valence-electron chi connectivity index (χ0n) is 9.62. The minimum Gasteiger partial charge on any atom is -0.480 e. The highest BCUT2D eigenvalue weighted by Gasteiger charge is 2.10. The summed E-state index contributed by atoms with van der Waals surface area (Å²) >= 11 is 3.08. The molecule has 0 aliphatic heterocycles. The standard InChI is InChI=1S/C12H15BrFNO2/c1-2-5-15(8-12(16)17)7-9-3-4-10(13)11(14)6-9/h3-4,6H,2,5,7-8H2,1H3,(H,16,17). The first-order valence-electron chi connectivity index (χ1n) is 5.41. The summed E-state index contributed by atoms with van der Waals surface area (Å²) < 4.78 is 13.7. The van der Waals surface area contributed by atoms with E-state index >= 15 is 0 Å². The van der Waals surface area contributed by atoms with Gasteiger partial charge in [0, 0.05) is 6.54 Å². The first kappa shape index (κ1) is 14.1. The van der Waals surface area contributed by atoms with E-state index in [2.05, 4.69) is 15.9 Å². The summed E-state index contributed by atoms with van der Waals surface area (Å²) in [5.74, 6) is -1.19. The minimum atomic E-state index is -0.865. The zero-order valence-corrected chi connectivity index (χ0v) is 11.2. The minimum absolute atomic E-state index is 0.0223. The van der Waals surface area contributed by atoms with Crippen LogP contribution in [-0.4, -0.2) is 29.1 Å². The van der Waals surface area contributed by atoms with Crippen LogP contribution >= 0.6 is 15.9 Å². The summed E-state index contributed by atoms with van der Waals surface area (Å²) in [7, 11) is 0. The van der Waals surface area contributed by atoms with Gasteiger partial charge in [0.2, 0.25) is 0 Å². The molecule has 0 unspecified atom stereocenters. The zero-order chi connectivity index (χ0) is 12.8. The van der Waals surface area contributed by atoms with Gasteiger partial charge in [-0.2, -0.15) is 0 Å². The highest BCUT2D eigenvalue weighted by atomic mass is 79.9. The maximum absolute atomic E-state index is 13.3. The maximum atomic E-state index is 13.3. The molecule has 1 rings (SSSR count). The Morgan fingerprint density at radius 3 is 2.76 bits per heavy atom. The number of carboxylic acids is 1. The molecular weight excluding hydrogens is 289 g/mol. The molecule has 0 aromatic heterocycles. The van der Waals surface area contributed by atoms with E-state index in [0.717, 1.165) is 12.0 Å². The van der Waals surface area contributed by atoms with Crippen molar-refractivity contribution >= 4 is 21.9 Å². The van der Waals surface area contributed by atoms with E-state index in [1.165, 1.54) is 6.07 Å². The number of nitrogens with zero attached hydrogens (tertiary/aromatic N) is 1. The average molecular weight is 304 g/mol. The normalized spacial score (nSPS) is 10.8. The smallest absolute Gasteiger partial charge is 0.317 e. The second-order valence-corrected chi connectivity index (χ2v) is 4.71. The Morgan fingerprint density at radius 2 is 2.24 bits per heavy atom. The van der Waals surface area contributed by atoms with Gasteiger partial charge in [-0.1, -0.05) is 13.0 Å². The summed E-state index contributed by atoms with van der Waals surface area (Å²) in [5.41, 5.74) is 0.778.